The highest BCUT2D eigenvalue weighted by Gasteiger charge is 2.53. The number of aliphatic hydroxyl groups excluding tert-OH is 3. The van der Waals surface area contributed by atoms with E-state index in [2.05, 4.69) is 5.73 Å². The second kappa shape index (κ2) is 17.6. The fraction of sp³-hybridized carbons (Fsp3) is 0.946. The summed E-state index contributed by atoms with van der Waals surface area (Å²) in [7, 11) is 5.17. The third kappa shape index (κ3) is 9.72. The number of esters is 1. The number of ether oxygens (including phenoxy) is 6. The number of hydrogen-bond donors (Lipinski definition) is 6. The molecule has 8 N–H and O–H groups in total. The Hall–Kier alpha value is -1.34. The molecule has 3 aliphatic heterocycles. The first kappa shape index (κ1) is 45.1. The molecule has 52 heavy (non-hydrogen) atoms. The zero-order valence-electron chi connectivity index (χ0n) is 33.4. The van der Waals surface area contributed by atoms with Crippen LogP contribution < -0.4 is 5.73 Å². The molecule has 3 aliphatic rings. The second-order valence-electron chi connectivity index (χ2n) is 16.7. The van der Waals surface area contributed by atoms with E-state index in [9.17, 15) is 35.1 Å². The summed E-state index contributed by atoms with van der Waals surface area (Å²) < 4.78 is 37.1. The van der Waals surface area contributed by atoms with Gasteiger partial charge < -0.3 is 64.6 Å². The van der Waals surface area contributed by atoms with Gasteiger partial charge in [0.1, 0.15) is 29.7 Å². The summed E-state index contributed by atoms with van der Waals surface area (Å²) in [6, 6.07) is -0.329. The van der Waals surface area contributed by atoms with Crippen molar-refractivity contribution in [3.63, 3.8) is 0 Å². The van der Waals surface area contributed by atoms with Crippen molar-refractivity contribution in [3.8, 4) is 0 Å². The van der Waals surface area contributed by atoms with Gasteiger partial charge in [0.05, 0.1) is 54.2 Å². The molecule has 8 unspecified atom stereocenters. The van der Waals surface area contributed by atoms with Crippen molar-refractivity contribution in [1.82, 2.24) is 4.90 Å². The van der Waals surface area contributed by atoms with Crippen molar-refractivity contribution < 1.29 is 69.3 Å². The second-order valence-corrected chi connectivity index (χ2v) is 16.7. The van der Waals surface area contributed by atoms with Crippen molar-refractivity contribution in [2.24, 2.45) is 23.7 Å². The molecule has 18 atom stereocenters. The van der Waals surface area contributed by atoms with Crippen LogP contribution in [0.2, 0.25) is 0 Å². The summed E-state index contributed by atoms with van der Waals surface area (Å²) >= 11 is 0. The van der Waals surface area contributed by atoms with Gasteiger partial charge in [0.2, 0.25) is 0 Å². The van der Waals surface area contributed by atoms with Gasteiger partial charge in [-0.25, -0.2) is 0 Å². The van der Waals surface area contributed by atoms with Crippen molar-refractivity contribution >= 4 is 11.8 Å². The first-order valence-electron chi connectivity index (χ1n) is 18.8. The van der Waals surface area contributed by atoms with Crippen molar-refractivity contribution in [2.45, 2.75) is 172 Å². The molecular weight excluding hydrogens is 680 g/mol. The molecule has 15 nitrogen and oxygen atoms in total. The molecule has 15 heteroatoms. The molecule has 0 aromatic heterocycles. The van der Waals surface area contributed by atoms with Gasteiger partial charge in [-0.3, -0.25) is 9.59 Å². The first-order chi connectivity index (χ1) is 23.9. The van der Waals surface area contributed by atoms with Crippen LogP contribution in [0, 0.1) is 23.7 Å². The lowest BCUT2D eigenvalue weighted by Crippen LogP contribution is -2.62. The van der Waals surface area contributed by atoms with E-state index in [0.717, 1.165) is 0 Å². The summed E-state index contributed by atoms with van der Waals surface area (Å²) in [5.74, 6) is -5.07. The Morgan fingerprint density at radius 1 is 0.904 bits per heavy atom. The van der Waals surface area contributed by atoms with Crippen molar-refractivity contribution in [2.75, 3.05) is 27.7 Å². The highest BCUT2D eigenvalue weighted by atomic mass is 16.7. The van der Waals surface area contributed by atoms with E-state index >= 15 is 0 Å². The maximum absolute atomic E-state index is 14.2. The number of aliphatic hydroxyl groups is 5. The number of likely N-dealkylation sites (N-methyl/N-ethyl adjacent to an activating group) is 1. The predicted molar refractivity (Wildman–Crippen MR) is 188 cm³/mol. The van der Waals surface area contributed by atoms with Crippen molar-refractivity contribution in [1.29, 1.82) is 0 Å². The van der Waals surface area contributed by atoms with Crippen LogP contribution in [0.25, 0.3) is 0 Å². The van der Waals surface area contributed by atoms with Crippen LogP contribution in [0.4, 0.5) is 0 Å². The SMILES string of the molecule is COC1(C)CC(O[C@H]2[C@H](C)[C@@H](OC3OC(C)CC(N(C)C)C3O)[C@](C)(O)C[C@@H](C)C(=O)[C@H](C)[C@@H](O)[C@](C)(O)[C@@H](CC[NH3+])OC(=O)[C@@H]2C)OC(C)C1O. The molecule has 0 amide bonds. The maximum Gasteiger partial charge on any atom is 0.311 e. The zero-order valence-corrected chi connectivity index (χ0v) is 33.4. The molecule has 304 valence electrons. The summed E-state index contributed by atoms with van der Waals surface area (Å²) in [6.07, 6.45) is -9.91. The molecule has 3 saturated heterocycles. The number of carbonyl (C=O) groups is 2. The Bertz CT molecular complexity index is 1190. The highest BCUT2D eigenvalue weighted by molar-refractivity contribution is 5.83. The average Bonchev–Trinajstić information content (AvgIpc) is 3.06. The Morgan fingerprint density at radius 3 is 2.08 bits per heavy atom. The summed E-state index contributed by atoms with van der Waals surface area (Å²) in [4.78, 5) is 29.9. The minimum Gasteiger partial charge on any atom is -0.459 e. The first-order valence-corrected chi connectivity index (χ1v) is 18.8. The van der Waals surface area contributed by atoms with Gasteiger partial charge in [0, 0.05) is 43.7 Å². The minimum atomic E-state index is -2.03. The monoisotopic (exact) mass is 749 g/mol. The molecule has 0 aromatic carbocycles. The smallest absolute Gasteiger partial charge is 0.311 e. The lowest BCUT2D eigenvalue weighted by atomic mass is 9.74. The van der Waals surface area contributed by atoms with Gasteiger partial charge in [-0.2, -0.15) is 0 Å². The van der Waals surface area contributed by atoms with E-state index in [4.69, 9.17) is 28.4 Å². The molecule has 0 radical (unpaired) electrons. The number of rotatable bonds is 8. The third-order valence-corrected chi connectivity index (χ3v) is 11.9. The van der Waals surface area contributed by atoms with Crippen LogP contribution in [0.3, 0.4) is 0 Å². The molecule has 3 heterocycles. The normalized spacial score (nSPS) is 49.0. The average molecular weight is 750 g/mol. The van der Waals surface area contributed by atoms with Gasteiger partial charge >= 0.3 is 5.97 Å². The molecule has 0 saturated carbocycles. The fourth-order valence-electron chi connectivity index (χ4n) is 8.45. The zero-order chi connectivity index (χ0) is 39.7. The van der Waals surface area contributed by atoms with Gasteiger partial charge in [-0.15, -0.1) is 0 Å². The Kier molecular flexibility index (Phi) is 15.3. The largest absolute Gasteiger partial charge is 0.459 e. The molecule has 3 fully saturated rings. The number of ketones is 1. The number of nitrogens with zero attached hydrogens (tertiary/aromatic N) is 1. The van der Waals surface area contributed by atoms with Crippen LogP contribution in [-0.4, -0.2) is 154 Å². The Morgan fingerprint density at radius 2 is 1.52 bits per heavy atom. The number of hydrogen-bond acceptors (Lipinski definition) is 14. The van der Waals surface area contributed by atoms with E-state index in [1.165, 1.54) is 27.9 Å². The van der Waals surface area contributed by atoms with Gasteiger partial charge in [-0.05, 0) is 68.5 Å². The molecule has 0 aliphatic carbocycles. The third-order valence-electron chi connectivity index (χ3n) is 11.9. The highest BCUT2D eigenvalue weighted by Crippen LogP contribution is 2.40. The molecule has 0 aromatic rings. The lowest BCUT2D eigenvalue weighted by Gasteiger charge is -2.49. The predicted octanol–water partition coefficient (Wildman–Crippen LogP) is 0.00760. The standard InChI is InChI=1S/C37H68N2O13/c1-18-16-35(7,45)32(52-34-28(41)24(39(10)11)15-19(2)48-34)21(4)29(51-26-17-36(8,47-12)31(43)23(6)49-26)22(5)33(44)50-25(13-14-38)37(9,46)30(42)20(3)27(18)40/h18-26,28-32,34,41-43,45-46H,13-17,38H2,1-12H3/p+1/t18-,19?,20+,21+,22-,23?,24?,25-,26?,28?,29+,30-,31?,32-,34?,35-,36?,37-/m1/s1. The number of Topliss-reactive ketones (excluding diaryl/α,β-unsaturated/α-hetero) is 1. The Labute approximate surface area is 309 Å². The number of carbonyl (C=O) groups excluding carboxylic acids is 2. The molecular formula is C37H69N2O13+. The lowest BCUT2D eigenvalue weighted by molar-refractivity contribution is -0.373. The van der Waals surface area contributed by atoms with Crippen LogP contribution in [0.15, 0.2) is 0 Å². The molecule has 3 rings (SSSR count). The summed E-state index contributed by atoms with van der Waals surface area (Å²) in [5.41, 5.74) is -1.03. The van der Waals surface area contributed by atoms with E-state index in [1.807, 2.05) is 25.9 Å². The van der Waals surface area contributed by atoms with Gasteiger partial charge in [0.25, 0.3) is 0 Å². The van der Waals surface area contributed by atoms with E-state index < -0.39 is 108 Å². The minimum absolute atomic E-state index is 0.0862. The van der Waals surface area contributed by atoms with Crippen LogP contribution in [0.5, 0.6) is 0 Å². The quantitative estimate of drug-likeness (QED) is 0.180. The van der Waals surface area contributed by atoms with E-state index in [-0.39, 0.29) is 38.0 Å². The Balaban J connectivity index is 2.20. The van der Waals surface area contributed by atoms with Gasteiger partial charge in [-0.1, -0.05) is 20.8 Å². The van der Waals surface area contributed by atoms with E-state index in [0.29, 0.717) is 6.42 Å². The molecule has 0 bridgehead atoms. The number of cyclic esters (lactones) is 1. The maximum atomic E-state index is 14.2. The number of methoxy groups -OCH3 is 1. The van der Waals surface area contributed by atoms with Gasteiger partial charge in [0.15, 0.2) is 12.6 Å². The summed E-state index contributed by atoms with van der Waals surface area (Å²) in [6.45, 7) is 14.9. The fourth-order valence-corrected chi connectivity index (χ4v) is 8.45. The van der Waals surface area contributed by atoms with Crippen LogP contribution in [0.1, 0.15) is 88.0 Å². The van der Waals surface area contributed by atoms with E-state index in [1.54, 1.807) is 34.6 Å². The topological polar surface area (TPSA) is 222 Å². The number of quaternary nitrogens is 1. The van der Waals surface area contributed by atoms with Crippen LogP contribution in [-0.2, 0) is 38.0 Å². The molecule has 0 spiro atoms. The van der Waals surface area contributed by atoms with Crippen LogP contribution >= 0.6 is 0 Å². The summed E-state index contributed by atoms with van der Waals surface area (Å²) in [5, 5.41) is 57.9. The van der Waals surface area contributed by atoms with Crippen molar-refractivity contribution in [3.05, 3.63) is 0 Å².